The second kappa shape index (κ2) is 7.65. The van der Waals surface area contributed by atoms with Crippen LogP contribution < -0.4 is 5.32 Å². The molecule has 0 bridgehead atoms. The van der Waals surface area contributed by atoms with E-state index in [0.29, 0.717) is 18.1 Å². The Balaban J connectivity index is 2.08. The minimum atomic E-state index is 0.362. The van der Waals surface area contributed by atoms with E-state index in [0.717, 1.165) is 48.0 Å². The maximum atomic E-state index is 6.29. The van der Waals surface area contributed by atoms with Crippen molar-refractivity contribution in [3.8, 4) is 0 Å². The SMILES string of the molecule is CCCNC(Cc1cc(Cl)ccc1Cl)C1COC(C)C1. The van der Waals surface area contributed by atoms with Gasteiger partial charge in [-0.2, -0.15) is 0 Å². The fraction of sp³-hybridized carbons (Fsp3) is 0.625. The Labute approximate surface area is 131 Å². The van der Waals surface area contributed by atoms with Crippen molar-refractivity contribution in [2.45, 2.75) is 45.3 Å². The third-order valence-corrected chi connectivity index (χ3v) is 4.51. The molecule has 0 amide bonds. The summed E-state index contributed by atoms with van der Waals surface area (Å²) in [5, 5.41) is 5.19. The van der Waals surface area contributed by atoms with Gasteiger partial charge < -0.3 is 10.1 Å². The summed E-state index contributed by atoms with van der Waals surface area (Å²) in [6.45, 7) is 6.18. The van der Waals surface area contributed by atoms with Crippen molar-refractivity contribution in [1.29, 1.82) is 0 Å². The zero-order valence-corrected chi connectivity index (χ0v) is 13.7. The molecule has 1 saturated heterocycles. The molecule has 0 saturated carbocycles. The van der Waals surface area contributed by atoms with Crippen molar-refractivity contribution < 1.29 is 4.74 Å². The minimum Gasteiger partial charge on any atom is -0.378 e. The van der Waals surface area contributed by atoms with Crippen LogP contribution in [0.4, 0.5) is 0 Å². The Morgan fingerprint density at radius 2 is 2.20 bits per heavy atom. The zero-order valence-electron chi connectivity index (χ0n) is 12.2. The van der Waals surface area contributed by atoms with Crippen LogP contribution in [0.2, 0.25) is 10.0 Å². The van der Waals surface area contributed by atoms with Crippen molar-refractivity contribution in [1.82, 2.24) is 5.32 Å². The number of benzene rings is 1. The third-order valence-electron chi connectivity index (χ3n) is 3.90. The first-order valence-corrected chi connectivity index (χ1v) is 8.14. The normalized spacial score (nSPS) is 24.0. The van der Waals surface area contributed by atoms with Gasteiger partial charge >= 0.3 is 0 Å². The van der Waals surface area contributed by atoms with Gasteiger partial charge in [0.1, 0.15) is 0 Å². The van der Waals surface area contributed by atoms with Gasteiger partial charge in [-0.25, -0.2) is 0 Å². The lowest BCUT2D eigenvalue weighted by Crippen LogP contribution is -2.39. The van der Waals surface area contributed by atoms with Crippen LogP contribution in [0.15, 0.2) is 18.2 Å². The van der Waals surface area contributed by atoms with Crippen LogP contribution in [0, 0.1) is 5.92 Å². The van der Waals surface area contributed by atoms with E-state index >= 15 is 0 Å². The van der Waals surface area contributed by atoms with Gasteiger partial charge in [0.05, 0.1) is 12.7 Å². The summed E-state index contributed by atoms with van der Waals surface area (Å²) in [5.41, 5.74) is 1.12. The molecule has 1 aromatic carbocycles. The van der Waals surface area contributed by atoms with Crippen LogP contribution in [0.3, 0.4) is 0 Å². The molecule has 2 rings (SSSR count). The molecule has 0 radical (unpaired) electrons. The summed E-state index contributed by atoms with van der Waals surface area (Å²) in [6.07, 6.45) is 3.50. The topological polar surface area (TPSA) is 21.3 Å². The second-order valence-corrected chi connectivity index (χ2v) is 6.48. The third kappa shape index (κ3) is 4.36. The number of ether oxygens (including phenoxy) is 1. The van der Waals surface area contributed by atoms with Crippen LogP contribution in [-0.4, -0.2) is 25.3 Å². The average molecular weight is 316 g/mol. The predicted molar refractivity (Wildman–Crippen MR) is 85.8 cm³/mol. The lowest BCUT2D eigenvalue weighted by molar-refractivity contribution is 0.117. The van der Waals surface area contributed by atoms with Gasteiger partial charge in [0, 0.05) is 22.0 Å². The van der Waals surface area contributed by atoms with Crippen LogP contribution in [0.1, 0.15) is 32.3 Å². The van der Waals surface area contributed by atoms with E-state index in [9.17, 15) is 0 Å². The smallest absolute Gasteiger partial charge is 0.0551 e. The molecule has 1 fully saturated rings. The van der Waals surface area contributed by atoms with Crippen LogP contribution in [0.25, 0.3) is 0 Å². The highest BCUT2D eigenvalue weighted by Crippen LogP contribution is 2.28. The maximum absolute atomic E-state index is 6.29. The highest BCUT2D eigenvalue weighted by atomic mass is 35.5. The summed E-state index contributed by atoms with van der Waals surface area (Å²) in [4.78, 5) is 0. The Hall–Kier alpha value is -0.280. The summed E-state index contributed by atoms with van der Waals surface area (Å²) >= 11 is 12.4. The molecule has 1 N–H and O–H groups in total. The molecule has 1 aromatic rings. The molecule has 20 heavy (non-hydrogen) atoms. The van der Waals surface area contributed by atoms with Crippen molar-refractivity contribution in [2.24, 2.45) is 5.92 Å². The van der Waals surface area contributed by atoms with E-state index < -0.39 is 0 Å². The van der Waals surface area contributed by atoms with E-state index in [1.54, 1.807) is 0 Å². The standard InChI is InChI=1S/C16H23Cl2NO/c1-3-6-19-16(13-7-11(2)20-10-13)9-12-8-14(17)4-5-15(12)18/h4-5,8,11,13,16,19H,3,6-7,9-10H2,1-2H3. The Bertz CT molecular complexity index is 438. The van der Waals surface area contributed by atoms with Gasteiger partial charge in [0.25, 0.3) is 0 Å². The van der Waals surface area contributed by atoms with Gasteiger partial charge in [-0.05, 0) is 56.5 Å². The summed E-state index contributed by atoms with van der Waals surface area (Å²) in [5.74, 6) is 0.548. The summed E-state index contributed by atoms with van der Waals surface area (Å²) in [7, 11) is 0. The second-order valence-electron chi connectivity index (χ2n) is 5.64. The van der Waals surface area contributed by atoms with Gasteiger partial charge in [-0.1, -0.05) is 30.1 Å². The van der Waals surface area contributed by atoms with Crippen LogP contribution in [0.5, 0.6) is 0 Å². The molecule has 3 unspecified atom stereocenters. The van der Waals surface area contributed by atoms with E-state index in [2.05, 4.69) is 19.2 Å². The van der Waals surface area contributed by atoms with E-state index in [1.165, 1.54) is 0 Å². The van der Waals surface area contributed by atoms with Crippen molar-refractivity contribution in [3.63, 3.8) is 0 Å². The molecule has 3 atom stereocenters. The molecular weight excluding hydrogens is 293 g/mol. The molecule has 0 aromatic heterocycles. The van der Waals surface area contributed by atoms with E-state index in [4.69, 9.17) is 27.9 Å². The highest BCUT2D eigenvalue weighted by Gasteiger charge is 2.29. The highest BCUT2D eigenvalue weighted by molar-refractivity contribution is 6.33. The monoisotopic (exact) mass is 315 g/mol. The minimum absolute atomic E-state index is 0.362. The first kappa shape index (κ1) is 16.1. The largest absolute Gasteiger partial charge is 0.378 e. The lowest BCUT2D eigenvalue weighted by atomic mass is 9.91. The Morgan fingerprint density at radius 1 is 1.40 bits per heavy atom. The van der Waals surface area contributed by atoms with Gasteiger partial charge in [0.2, 0.25) is 0 Å². The van der Waals surface area contributed by atoms with Crippen LogP contribution in [-0.2, 0) is 11.2 Å². The maximum Gasteiger partial charge on any atom is 0.0551 e. The first-order valence-electron chi connectivity index (χ1n) is 7.39. The van der Waals surface area contributed by atoms with Gasteiger partial charge in [-0.3, -0.25) is 0 Å². The molecule has 2 nitrogen and oxygen atoms in total. The van der Waals surface area contributed by atoms with Crippen molar-refractivity contribution >= 4 is 23.2 Å². The number of hydrogen-bond acceptors (Lipinski definition) is 2. The number of nitrogens with one attached hydrogen (secondary N) is 1. The molecule has 1 aliphatic heterocycles. The lowest BCUT2D eigenvalue weighted by Gasteiger charge is -2.24. The van der Waals surface area contributed by atoms with Crippen molar-refractivity contribution in [3.05, 3.63) is 33.8 Å². The first-order chi connectivity index (χ1) is 9.60. The molecule has 0 spiro atoms. The zero-order chi connectivity index (χ0) is 14.5. The molecule has 1 aliphatic rings. The summed E-state index contributed by atoms with van der Waals surface area (Å²) < 4.78 is 5.72. The number of halogens is 2. The van der Waals surface area contributed by atoms with E-state index in [1.807, 2.05) is 18.2 Å². The quantitative estimate of drug-likeness (QED) is 0.843. The van der Waals surface area contributed by atoms with Crippen LogP contribution >= 0.6 is 23.2 Å². The van der Waals surface area contributed by atoms with Gasteiger partial charge in [0.15, 0.2) is 0 Å². The molecular formula is C16H23Cl2NO. The predicted octanol–water partition coefficient (Wildman–Crippen LogP) is 4.33. The fourth-order valence-corrected chi connectivity index (χ4v) is 3.19. The molecule has 0 aliphatic carbocycles. The molecule has 1 heterocycles. The summed E-state index contributed by atoms with van der Waals surface area (Å²) in [6, 6.07) is 6.09. The number of hydrogen-bond donors (Lipinski definition) is 1. The van der Waals surface area contributed by atoms with E-state index in [-0.39, 0.29) is 0 Å². The Kier molecular flexibility index (Phi) is 6.16. The van der Waals surface area contributed by atoms with Crippen molar-refractivity contribution in [2.75, 3.05) is 13.2 Å². The number of rotatable bonds is 6. The fourth-order valence-electron chi connectivity index (χ4n) is 2.80. The van der Waals surface area contributed by atoms with Gasteiger partial charge in [-0.15, -0.1) is 0 Å². The molecule has 4 heteroatoms. The average Bonchev–Trinajstić information content (AvgIpc) is 2.85. The molecule has 112 valence electrons. The Morgan fingerprint density at radius 3 is 2.85 bits per heavy atom.